The highest BCUT2D eigenvalue weighted by molar-refractivity contribution is 14.0. The van der Waals surface area contributed by atoms with Gasteiger partial charge in [0, 0.05) is 31.8 Å². The standard InChI is InChI=1S/C19H24N6O3.HI/c1-4-27-16-12-13(7-8-14(16)26-3)22-19(20-2)21-10-9-17-23-18(25-24-17)15-6-5-11-28-15;/h5-8,11-12H,4,9-10H2,1-3H3,(H2,20,21,22)(H,23,24,25);1H. The zero-order chi connectivity index (χ0) is 19.8. The molecule has 0 unspecified atom stereocenters. The quantitative estimate of drug-likeness (QED) is 0.241. The van der Waals surface area contributed by atoms with E-state index in [9.17, 15) is 0 Å². The smallest absolute Gasteiger partial charge is 0.216 e. The summed E-state index contributed by atoms with van der Waals surface area (Å²) in [7, 11) is 3.33. The van der Waals surface area contributed by atoms with Crippen LogP contribution in [0, 0.1) is 0 Å². The van der Waals surface area contributed by atoms with Crippen molar-refractivity contribution in [3.8, 4) is 23.1 Å². The zero-order valence-corrected chi connectivity index (χ0v) is 18.9. The van der Waals surface area contributed by atoms with Gasteiger partial charge in [-0.3, -0.25) is 10.1 Å². The van der Waals surface area contributed by atoms with E-state index >= 15 is 0 Å². The number of methoxy groups -OCH3 is 1. The van der Waals surface area contributed by atoms with Crippen LogP contribution < -0.4 is 20.1 Å². The van der Waals surface area contributed by atoms with Crippen molar-refractivity contribution in [3.05, 3.63) is 42.4 Å². The van der Waals surface area contributed by atoms with Crippen molar-refractivity contribution in [2.75, 3.05) is 32.6 Å². The summed E-state index contributed by atoms with van der Waals surface area (Å²) in [5.41, 5.74) is 0.845. The van der Waals surface area contributed by atoms with Crippen LogP contribution >= 0.6 is 24.0 Å². The van der Waals surface area contributed by atoms with E-state index in [0.717, 1.165) is 11.5 Å². The number of benzene rings is 1. The molecular weight excluding hydrogens is 487 g/mol. The molecule has 0 bridgehead atoms. The van der Waals surface area contributed by atoms with E-state index in [1.165, 1.54) is 0 Å². The number of aliphatic imine (C=N–C) groups is 1. The maximum atomic E-state index is 5.60. The summed E-state index contributed by atoms with van der Waals surface area (Å²) in [6.07, 6.45) is 2.25. The molecule has 29 heavy (non-hydrogen) atoms. The van der Waals surface area contributed by atoms with E-state index < -0.39 is 0 Å². The zero-order valence-electron chi connectivity index (χ0n) is 16.6. The van der Waals surface area contributed by atoms with E-state index in [1.54, 1.807) is 26.5 Å². The van der Waals surface area contributed by atoms with Gasteiger partial charge in [-0.15, -0.1) is 24.0 Å². The van der Waals surface area contributed by atoms with Crippen molar-refractivity contribution in [2.45, 2.75) is 13.3 Å². The van der Waals surface area contributed by atoms with Gasteiger partial charge in [0.25, 0.3) is 0 Å². The predicted molar refractivity (Wildman–Crippen MR) is 122 cm³/mol. The normalized spacial score (nSPS) is 10.9. The average Bonchev–Trinajstić information content (AvgIpc) is 3.39. The van der Waals surface area contributed by atoms with E-state index in [1.807, 2.05) is 31.2 Å². The Kier molecular flexibility index (Phi) is 8.77. The minimum absolute atomic E-state index is 0. The Morgan fingerprint density at radius 1 is 1.28 bits per heavy atom. The van der Waals surface area contributed by atoms with Crippen molar-refractivity contribution in [3.63, 3.8) is 0 Å². The molecule has 3 rings (SSSR count). The third-order valence-electron chi connectivity index (χ3n) is 3.88. The van der Waals surface area contributed by atoms with Crippen LogP contribution in [0.1, 0.15) is 12.7 Å². The van der Waals surface area contributed by atoms with Gasteiger partial charge in [-0.25, -0.2) is 4.98 Å². The van der Waals surface area contributed by atoms with Crippen LogP contribution in [0.3, 0.4) is 0 Å². The number of rotatable bonds is 8. The molecule has 0 aliphatic rings. The number of nitrogens with zero attached hydrogens (tertiary/aromatic N) is 3. The summed E-state index contributed by atoms with van der Waals surface area (Å²) in [4.78, 5) is 8.66. The van der Waals surface area contributed by atoms with Gasteiger partial charge in [-0.1, -0.05) is 0 Å². The Morgan fingerprint density at radius 2 is 2.14 bits per heavy atom. The molecule has 156 valence electrons. The van der Waals surface area contributed by atoms with E-state index in [4.69, 9.17) is 13.9 Å². The lowest BCUT2D eigenvalue weighted by molar-refractivity contribution is 0.311. The first-order valence-corrected chi connectivity index (χ1v) is 8.97. The molecule has 2 heterocycles. The SMILES string of the molecule is CCOc1cc(NC(=NC)NCCc2nc(-c3ccco3)n[nH]2)ccc1OC.I. The number of anilines is 1. The molecule has 0 saturated heterocycles. The van der Waals surface area contributed by atoms with E-state index in [0.29, 0.717) is 48.6 Å². The fraction of sp³-hybridized carbons (Fsp3) is 0.316. The van der Waals surface area contributed by atoms with Gasteiger partial charge in [0.15, 0.2) is 23.2 Å². The Bertz CT molecular complexity index is 911. The third kappa shape index (κ3) is 6.11. The second kappa shape index (κ2) is 11.3. The van der Waals surface area contributed by atoms with Crippen LogP contribution in [-0.2, 0) is 6.42 Å². The fourth-order valence-electron chi connectivity index (χ4n) is 2.56. The van der Waals surface area contributed by atoms with Crippen molar-refractivity contribution in [1.82, 2.24) is 20.5 Å². The molecule has 0 spiro atoms. The molecule has 0 atom stereocenters. The third-order valence-corrected chi connectivity index (χ3v) is 3.88. The number of ether oxygens (including phenoxy) is 2. The fourth-order valence-corrected chi connectivity index (χ4v) is 2.56. The first kappa shape index (κ1) is 22.5. The molecule has 3 aromatic rings. The van der Waals surface area contributed by atoms with Gasteiger partial charge in [0.1, 0.15) is 5.82 Å². The second-order valence-corrected chi connectivity index (χ2v) is 5.76. The number of guanidine groups is 1. The predicted octanol–water partition coefficient (Wildman–Crippen LogP) is 3.32. The number of halogens is 1. The highest BCUT2D eigenvalue weighted by Gasteiger charge is 2.09. The van der Waals surface area contributed by atoms with Crippen molar-refractivity contribution >= 4 is 35.6 Å². The monoisotopic (exact) mass is 512 g/mol. The number of furan rings is 1. The lowest BCUT2D eigenvalue weighted by atomic mass is 10.2. The summed E-state index contributed by atoms with van der Waals surface area (Å²) in [6.45, 7) is 3.12. The van der Waals surface area contributed by atoms with Gasteiger partial charge in [-0.2, -0.15) is 5.10 Å². The molecule has 0 saturated carbocycles. The molecule has 0 aliphatic heterocycles. The van der Waals surface area contributed by atoms with Crippen LogP contribution in [0.5, 0.6) is 11.5 Å². The Hall–Kier alpha value is -2.76. The van der Waals surface area contributed by atoms with E-state index in [2.05, 4.69) is 30.8 Å². The molecule has 2 aromatic heterocycles. The number of aromatic amines is 1. The van der Waals surface area contributed by atoms with Crippen LogP contribution in [-0.4, -0.2) is 48.5 Å². The average molecular weight is 512 g/mol. The number of aromatic nitrogens is 3. The second-order valence-electron chi connectivity index (χ2n) is 5.76. The Morgan fingerprint density at radius 3 is 2.83 bits per heavy atom. The molecule has 10 heteroatoms. The first-order chi connectivity index (χ1) is 13.7. The minimum Gasteiger partial charge on any atom is -0.493 e. The summed E-state index contributed by atoms with van der Waals surface area (Å²) in [6, 6.07) is 9.26. The topological polar surface area (TPSA) is 110 Å². The Balaban J connectivity index is 0.00000300. The molecule has 0 aliphatic carbocycles. The van der Waals surface area contributed by atoms with Gasteiger partial charge >= 0.3 is 0 Å². The number of hydrogen-bond acceptors (Lipinski definition) is 6. The maximum absolute atomic E-state index is 5.60. The first-order valence-electron chi connectivity index (χ1n) is 8.97. The highest BCUT2D eigenvalue weighted by atomic mass is 127. The molecule has 1 aromatic carbocycles. The summed E-state index contributed by atoms with van der Waals surface area (Å²) in [5, 5.41) is 13.6. The number of hydrogen-bond donors (Lipinski definition) is 3. The summed E-state index contributed by atoms with van der Waals surface area (Å²) < 4.78 is 16.2. The van der Waals surface area contributed by atoms with Crippen molar-refractivity contribution in [1.29, 1.82) is 0 Å². The van der Waals surface area contributed by atoms with Crippen LogP contribution in [0.4, 0.5) is 5.69 Å². The lowest BCUT2D eigenvalue weighted by Gasteiger charge is -2.14. The lowest BCUT2D eigenvalue weighted by Crippen LogP contribution is -2.32. The van der Waals surface area contributed by atoms with Crippen molar-refractivity contribution < 1.29 is 13.9 Å². The van der Waals surface area contributed by atoms with Gasteiger partial charge < -0.3 is 24.5 Å². The highest BCUT2D eigenvalue weighted by Crippen LogP contribution is 2.30. The van der Waals surface area contributed by atoms with Gasteiger partial charge in [0.2, 0.25) is 5.82 Å². The minimum atomic E-state index is 0. The molecule has 9 nitrogen and oxygen atoms in total. The molecule has 3 N–H and O–H groups in total. The van der Waals surface area contributed by atoms with E-state index in [-0.39, 0.29) is 24.0 Å². The molecule has 0 amide bonds. The summed E-state index contributed by atoms with van der Waals surface area (Å²) in [5.74, 6) is 3.95. The Labute approximate surface area is 186 Å². The molecular formula is C19H25IN6O3. The number of nitrogens with one attached hydrogen (secondary N) is 3. The van der Waals surface area contributed by atoms with Gasteiger partial charge in [-0.05, 0) is 31.2 Å². The summed E-state index contributed by atoms with van der Waals surface area (Å²) >= 11 is 0. The number of H-pyrrole nitrogens is 1. The van der Waals surface area contributed by atoms with Crippen LogP contribution in [0.25, 0.3) is 11.6 Å². The van der Waals surface area contributed by atoms with Gasteiger partial charge in [0.05, 0.1) is 20.0 Å². The largest absolute Gasteiger partial charge is 0.493 e. The molecule has 0 radical (unpaired) electrons. The van der Waals surface area contributed by atoms with Crippen LogP contribution in [0.15, 0.2) is 46.0 Å². The van der Waals surface area contributed by atoms with Crippen LogP contribution in [0.2, 0.25) is 0 Å². The molecule has 0 fully saturated rings. The van der Waals surface area contributed by atoms with Crippen molar-refractivity contribution in [2.24, 2.45) is 4.99 Å². The maximum Gasteiger partial charge on any atom is 0.216 e.